The van der Waals surface area contributed by atoms with E-state index in [9.17, 15) is 10.1 Å². The summed E-state index contributed by atoms with van der Waals surface area (Å²) in [6, 6.07) is 9.77. The van der Waals surface area contributed by atoms with Gasteiger partial charge in [-0.25, -0.2) is 0 Å². The summed E-state index contributed by atoms with van der Waals surface area (Å²) in [5.74, 6) is 1.38. The number of thiophene rings is 1. The van der Waals surface area contributed by atoms with Gasteiger partial charge in [0.2, 0.25) is 5.91 Å². The summed E-state index contributed by atoms with van der Waals surface area (Å²) in [7, 11) is 0. The topological polar surface area (TPSA) is 83.6 Å². The lowest BCUT2D eigenvalue weighted by Gasteiger charge is -2.17. The van der Waals surface area contributed by atoms with Crippen LogP contribution in [0.4, 0.5) is 5.00 Å². The standard InChI is InChI=1S/C22H22ClN5OS2/c1-3-28-20(14-5-4-6-15(23)10-14)26-27-22(28)30-12-19(29)25-21-17(11-24)16-8-7-13(2)9-18(16)31-21/h4-6,10,13H,3,7-9,12H2,1-2H3,(H,25,29). The van der Waals surface area contributed by atoms with Crippen molar-refractivity contribution in [3.63, 3.8) is 0 Å². The number of fused-ring (bicyclic) bond motifs is 1. The number of thioether (sulfide) groups is 1. The second-order valence-electron chi connectivity index (χ2n) is 7.57. The number of hydrogen-bond acceptors (Lipinski definition) is 6. The molecule has 0 saturated carbocycles. The molecule has 1 aliphatic carbocycles. The van der Waals surface area contributed by atoms with E-state index >= 15 is 0 Å². The maximum absolute atomic E-state index is 12.6. The van der Waals surface area contributed by atoms with Crippen LogP contribution in [-0.4, -0.2) is 26.4 Å². The molecule has 2 heterocycles. The highest BCUT2D eigenvalue weighted by Crippen LogP contribution is 2.39. The quantitative estimate of drug-likeness (QED) is 0.486. The molecule has 1 unspecified atom stereocenters. The van der Waals surface area contributed by atoms with Gasteiger partial charge in [0.05, 0.1) is 11.3 Å². The molecule has 0 saturated heterocycles. The highest BCUT2D eigenvalue weighted by atomic mass is 35.5. The Morgan fingerprint density at radius 2 is 2.29 bits per heavy atom. The third-order valence-electron chi connectivity index (χ3n) is 5.32. The summed E-state index contributed by atoms with van der Waals surface area (Å²) in [5, 5.41) is 23.1. The SMILES string of the molecule is CCn1c(SCC(=O)Nc2sc3c(c2C#N)CCC(C)C3)nnc1-c1cccc(Cl)c1. The van der Waals surface area contributed by atoms with Crippen molar-refractivity contribution in [2.24, 2.45) is 5.92 Å². The van der Waals surface area contributed by atoms with Crippen molar-refractivity contribution in [2.75, 3.05) is 11.1 Å². The fourth-order valence-electron chi connectivity index (χ4n) is 3.77. The molecule has 1 aromatic carbocycles. The van der Waals surface area contributed by atoms with E-state index in [2.05, 4.69) is 28.5 Å². The number of carbonyl (C=O) groups is 1. The third kappa shape index (κ3) is 4.64. The summed E-state index contributed by atoms with van der Waals surface area (Å²) < 4.78 is 1.97. The summed E-state index contributed by atoms with van der Waals surface area (Å²) in [5.41, 5.74) is 2.63. The maximum Gasteiger partial charge on any atom is 0.235 e. The van der Waals surface area contributed by atoms with Crippen LogP contribution < -0.4 is 5.32 Å². The van der Waals surface area contributed by atoms with Gasteiger partial charge in [0, 0.05) is 22.0 Å². The average Bonchev–Trinajstić information content (AvgIpc) is 3.31. The van der Waals surface area contributed by atoms with Crippen LogP contribution in [0.15, 0.2) is 29.4 Å². The van der Waals surface area contributed by atoms with E-state index in [0.717, 1.165) is 36.2 Å². The first-order valence-electron chi connectivity index (χ1n) is 10.2. The first-order chi connectivity index (χ1) is 15.0. The minimum Gasteiger partial charge on any atom is -0.316 e. The summed E-state index contributed by atoms with van der Waals surface area (Å²) in [6.07, 6.45) is 2.97. The number of nitriles is 1. The van der Waals surface area contributed by atoms with Gasteiger partial charge in [-0.2, -0.15) is 5.26 Å². The molecule has 2 aromatic heterocycles. The Balaban J connectivity index is 1.46. The number of benzene rings is 1. The minimum atomic E-state index is -0.150. The van der Waals surface area contributed by atoms with Crippen molar-refractivity contribution in [1.82, 2.24) is 14.8 Å². The van der Waals surface area contributed by atoms with Gasteiger partial charge in [0.25, 0.3) is 0 Å². The molecule has 0 radical (unpaired) electrons. The van der Waals surface area contributed by atoms with Crippen LogP contribution in [0.25, 0.3) is 11.4 Å². The number of aromatic nitrogens is 3. The van der Waals surface area contributed by atoms with Gasteiger partial charge in [-0.15, -0.1) is 21.5 Å². The Hall–Kier alpha value is -2.34. The molecule has 1 atom stereocenters. The van der Waals surface area contributed by atoms with Crippen molar-refractivity contribution >= 4 is 45.6 Å². The van der Waals surface area contributed by atoms with Crippen molar-refractivity contribution in [1.29, 1.82) is 5.26 Å². The summed E-state index contributed by atoms with van der Waals surface area (Å²) in [4.78, 5) is 13.9. The lowest BCUT2D eigenvalue weighted by Crippen LogP contribution is -2.14. The largest absolute Gasteiger partial charge is 0.316 e. The molecule has 1 amide bonds. The predicted molar refractivity (Wildman–Crippen MR) is 126 cm³/mol. The normalized spacial score (nSPS) is 15.4. The van der Waals surface area contributed by atoms with E-state index in [0.29, 0.717) is 33.2 Å². The number of anilines is 1. The number of hydrogen-bond donors (Lipinski definition) is 1. The molecule has 9 heteroatoms. The molecule has 4 rings (SSSR count). The second kappa shape index (κ2) is 9.43. The third-order valence-corrected chi connectivity index (χ3v) is 7.70. The molecule has 0 fully saturated rings. The highest BCUT2D eigenvalue weighted by Gasteiger charge is 2.25. The minimum absolute atomic E-state index is 0.150. The van der Waals surface area contributed by atoms with Crippen LogP contribution in [0.5, 0.6) is 0 Å². The molecule has 0 bridgehead atoms. The monoisotopic (exact) mass is 471 g/mol. The van der Waals surface area contributed by atoms with Gasteiger partial charge in [-0.3, -0.25) is 4.79 Å². The molecule has 0 aliphatic heterocycles. The molecular formula is C22H22ClN5OS2. The van der Waals surface area contributed by atoms with E-state index < -0.39 is 0 Å². The second-order valence-corrected chi connectivity index (χ2v) is 10.0. The zero-order valence-corrected chi connectivity index (χ0v) is 19.7. The molecule has 31 heavy (non-hydrogen) atoms. The van der Waals surface area contributed by atoms with Crippen LogP contribution in [0, 0.1) is 17.2 Å². The number of carbonyl (C=O) groups excluding carboxylic acids is 1. The lowest BCUT2D eigenvalue weighted by atomic mass is 9.89. The molecule has 3 aromatic rings. The molecule has 1 aliphatic rings. The Morgan fingerprint density at radius 1 is 1.45 bits per heavy atom. The van der Waals surface area contributed by atoms with Gasteiger partial charge >= 0.3 is 0 Å². The fourth-order valence-corrected chi connectivity index (χ4v) is 6.14. The van der Waals surface area contributed by atoms with E-state index in [1.54, 1.807) is 11.3 Å². The van der Waals surface area contributed by atoms with E-state index in [4.69, 9.17) is 11.6 Å². The zero-order chi connectivity index (χ0) is 22.0. The smallest absolute Gasteiger partial charge is 0.235 e. The summed E-state index contributed by atoms with van der Waals surface area (Å²) in [6.45, 7) is 4.91. The Labute approximate surface area is 194 Å². The van der Waals surface area contributed by atoms with E-state index in [1.165, 1.54) is 16.6 Å². The molecule has 160 valence electrons. The number of halogens is 1. The van der Waals surface area contributed by atoms with Crippen LogP contribution in [0.1, 0.15) is 36.3 Å². The van der Waals surface area contributed by atoms with Crippen LogP contribution >= 0.6 is 34.7 Å². The Bertz CT molecular complexity index is 1160. The van der Waals surface area contributed by atoms with E-state index in [1.807, 2.05) is 35.8 Å². The van der Waals surface area contributed by atoms with Crippen LogP contribution in [-0.2, 0) is 24.2 Å². The van der Waals surface area contributed by atoms with Gasteiger partial charge in [-0.1, -0.05) is 42.4 Å². The van der Waals surface area contributed by atoms with Gasteiger partial charge in [-0.05, 0) is 49.8 Å². The van der Waals surface area contributed by atoms with Crippen molar-refractivity contribution < 1.29 is 4.79 Å². The molecule has 6 nitrogen and oxygen atoms in total. The predicted octanol–water partition coefficient (Wildman–Crippen LogP) is 5.41. The Morgan fingerprint density at radius 3 is 3.03 bits per heavy atom. The Kier molecular flexibility index (Phi) is 6.65. The molecular weight excluding hydrogens is 450 g/mol. The van der Waals surface area contributed by atoms with Crippen molar-refractivity contribution in [3.05, 3.63) is 45.3 Å². The number of rotatable bonds is 6. The highest BCUT2D eigenvalue weighted by molar-refractivity contribution is 7.99. The number of amides is 1. The first-order valence-corrected chi connectivity index (χ1v) is 12.3. The van der Waals surface area contributed by atoms with Crippen LogP contribution in [0.2, 0.25) is 5.02 Å². The zero-order valence-electron chi connectivity index (χ0n) is 17.3. The van der Waals surface area contributed by atoms with Crippen molar-refractivity contribution in [3.8, 4) is 17.5 Å². The average molecular weight is 472 g/mol. The fraction of sp³-hybridized carbons (Fsp3) is 0.364. The number of nitrogens with zero attached hydrogens (tertiary/aromatic N) is 4. The summed E-state index contributed by atoms with van der Waals surface area (Å²) >= 11 is 8.98. The molecule has 1 N–H and O–H groups in total. The first kappa shape index (κ1) is 21.9. The van der Waals surface area contributed by atoms with Gasteiger partial charge in [0.15, 0.2) is 11.0 Å². The lowest BCUT2D eigenvalue weighted by molar-refractivity contribution is -0.113. The van der Waals surface area contributed by atoms with Gasteiger partial charge < -0.3 is 9.88 Å². The van der Waals surface area contributed by atoms with E-state index in [-0.39, 0.29) is 11.7 Å². The van der Waals surface area contributed by atoms with Gasteiger partial charge in [0.1, 0.15) is 11.1 Å². The van der Waals surface area contributed by atoms with Crippen molar-refractivity contribution in [2.45, 2.75) is 44.8 Å². The maximum atomic E-state index is 12.6. The number of nitrogens with one attached hydrogen (secondary N) is 1. The molecule has 0 spiro atoms. The van der Waals surface area contributed by atoms with Crippen LogP contribution in [0.3, 0.4) is 0 Å².